The summed E-state index contributed by atoms with van der Waals surface area (Å²) in [7, 11) is -2.05. The summed E-state index contributed by atoms with van der Waals surface area (Å²) in [6.07, 6.45) is -0.277. The van der Waals surface area contributed by atoms with Crippen molar-refractivity contribution in [2.75, 3.05) is 13.2 Å². The van der Waals surface area contributed by atoms with E-state index < -0.39 is 14.0 Å². The zero-order valence-electron chi connectivity index (χ0n) is 9.56. The van der Waals surface area contributed by atoms with Gasteiger partial charge in [-0.15, -0.1) is 9.05 Å². The lowest BCUT2D eigenvalue weighted by atomic mass is 10.4. The average Bonchev–Trinajstić information content (AvgIpc) is 2.41. The Morgan fingerprint density at radius 2 is 2.20 bits per heavy atom. The Morgan fingerprint density at radius 3 is 2.67 bits per heavy atom. The predicted octanol–water partition coefficient (Wildman–Crippen LogP) is 2.24. The molecule has 1 aliphatic rings. The van der Waals surface area contributed by atoms with E-state index in [1.165, 1.54) is 0 Å². The van der Waals surface area contributed by atoms with Crippen molar-refractivity contribution < 1.29 is 23.1 Å². The largest absolute Gasteiger partial charge is 0.697 e. The van der Waals surface area contributed by atoms with Crippen LogP contribution in [0.1, 0.15) is 27.7 Å². The lowest BCUT2D eigenvalue weighted by Gasteiger charge is -2.15. The highest BCUT2D eigenvalue weighted by molar-refractivity contribution is 7.33. The van der Waals surface area contributed by atoms with Gasteiger partial charge in [0.05, 0.1) is 6.61 Å². The van der Waals surface area contributed by atoms with E-state index in [1.807, 2.05) is 13.8 Å². The van der Waals surface area contributed by atoms with Crippen molar-refractivity contribution in [1.29, 1.82) is 0 Å². The second-order valence-electron chi connectivity index (χ2n) is 4.12. The molecule has 2 unspecified atom stereocenters. The van der Waals surface area contributed by atoms with Gasteiger partial charge >= 0.3 is 8.25 Å². The van der Waals surface area contributed by atoms with E-state index in [1.54, 1.807) is 13.8 Å². The molecule has 1 heterocycles. The van der Waals surface area contributed by atoms with Gasteiger partial charge in [-0.2, -0.15) is 0 Å². The first-order valence-electron chi connectivity index (χ1n) is 4.98. The highest BCUT2D eigenvalue weighted by Crippen LogP contribution is 2.29. The molecule has 0 aromatic heterocycles. The van der Waals surface area contributed by atoms with E-state index >= 15 is 0 Å². The quantitative estimate of drug-likeness (QED) is 0.686. The van der Waals surface area contributed by atoms with Crippen LogP contribution in [0.25, 0.3) is 0 Å². The molecule has 0 N–H and O–H groups in total. The molecular weight excluding hydrogens is 219 g/mol. The number of ether oxygens (including phenoxy) is 2. The molecule has 1 fully saturated rings. The fourth-order valence-corrected chi connectivity index (χ4v) is 1.88. The highest BCUT2D eigenvalue weighted by Gasteiger charge is 2.35. The van der Waals surface area contributed by atoms with Gasteiger partial charge in [-0.05, 0) is 27.7 Å². The molecule has 6 heteroatoms. The molecule has 1 rings (SSSR count). The van der Waals surface area contributed by atoms with Crippen molar-refractivity contribution in [3.8, 4) is 0 Å². The lowest BCUT2D eigenvalue weighted by Crippen LogP contribution is -2.23. The summed E-state index contributed by atoms with van der Waals surface area (Å²) in [5, 5.41) is 0. The average molecular weight is 237 g/mol. The maximum Gasteiger partial charge on any atom is 0.697 e. The first-order valence-corrected chi connectivity index (χ1v) is 6.07. The van der Waals surface area contributed by atoms with Crippen molar-refractivity contribution >= 4 is 8.25 Å². The molecular formula is C9H18O5P+. The number of rotatable bonds is 5. The monoisotopic (exact) mass is 237 g/mol. The van der Waals surface area contributed by atoms with Gasteiger partial charge in [0.1, 0.15) is 18.8 Å². The minimum Gasteiger partial charge on any atom is -0.348 e. The summed E-state index contributed by atoms with van der Waals surface area (Å²) in [4.78, 5) is 0. The standard InChI is InChI=1S/C9H18O5P/c1-7(2)14-15(10)12-6-8-5-11-9(3,4)13-8/h7-8H,5-6H2,1-4H3/q+1. The van der Waals surface area contributed by atoms with Gasteiger partial charge in [-0.1, -0.05) is 0 Å². The Balaban J connectivity index is 2.18. The van der Waals surface area contributed by atoms with Crippen LogP contribution in [-0.4, -0.2) is 31.2 Å². The van der Waals surface area contributed by atoms with Crippen LogP contribution in [0, 0.1) is 0 Å². The Labute approximate surface area is 91.0 Å². The van der Waals surface area contributed by atoms with Crippen LogP contribution in [0.4, 0.5) is 0 Å². The van der Waals surface area contributed by atoms with E-state index in [9.17, 15) is 4.57 Å². The van der Waals surface area contributed by atoms with E-state index in [0.29, 0.717) is 6.61 Å². The fraction of sp³-hybridized carbons (Fsp3) is 1.00. The fourth-order valence-electron chi connectivity index (χ4n) is 1.19. The van der Waals surface area contributed by atoms with E-state index in [-0.39, 0.29) is 18.8 Å². The zero-order chi connectivity index (χ0) is 11.5. The van der Waals surface area contributed by atoms with Crippen molar-refractivity contribution in [3.63, 3.8) is 0 Å². The van der Waals surface area contributed by atoms with Gasteiger partial charge in [-0.3, -0.25) is 0 Å². The van der Waals surface area contributed by atoms with E-state index in [0.717, 1.165) is 0 Å². The zero-order valence-corrected chi connectivity index (χ0v) is 10.5. The summed E-state index contributed by atoms with van der Waals surface area (Å²) in [5.74, 6) is -0.571. The minimum absolute atomic E-state index is 0.106. The molecule has 0 spiro atoms. The summed E-state index contributed by atoms with van der Waals surface area (Å²) in [6, 6.07) is 0. The topological polar surface area (TPSA) is 54.0 Å². The molecule has 0 saturated carbocycles. The maximum absolute atomic E-state index is 11.2. The Morgan fingerprint density at radius 1 is 1.53 bits per heavy atom. The summed E-state index contributed by atoms with van der Waals surface area (Å²) in [6.45, 7) is 7.95. The van der Waals surface area contributed by atoms with Crippen LogP contribution in [0.2, 0.25) is 0 Å². The van der Waals surface area contributed by atoms with Gasteiger partial charge in [0.15, 0.2) is 5.79 Å². The first-order chi connectivity index (χ1) is 6.89. The van der Waals surface area contributed by atoms with Crippen molar-refractivity contribution in [1.82, 2.24) is 0 Å². The van der Waals surface area contributed by atoms with E-state index in [2.05, 4.69) is 0 Å². The van der Waals surface area contributed by atoms with Crippen molar-refractivity contribution in [2.45, 2.75) is 45.7 Å². The van der Waals surface area contributed by atoms with Gasteiger partial charge in [0.2, 0.25) is 0 Å². The van der Waals surface area contributed by atoms with Crippen LogP contribution < -0.4 is 0 Å². The molecule has 0 aliphatic carbocycles. The third kappa shape index (κ3) is 5.00. The SMILES string of the molecule is CC(C)O[P+](=O)OCC1COC(C)(C)O1. The second-order valence-corrected chi connectivity index (χ2v) is 5.04. The molecule has 2 atom stereocenters. The van der Waals surface area contributed by atoms with Gasteiger partial charge in [-0.25, -0.2) is 0 Å². The van der Waals surface area contributed by atoms with Crippen LogP contribution in [0.5, 0.6) is 0 Å². The third-order valence-electron chi connectivity index (χ3n) is 1.73. The van der Waals surface area contributed by atoms with Gasteiger partial charge in [0, 0.05) is 4.57 Å². The van der Waals surface area contributed by atoms with Crippen LogP contribution in [0.3, 0.4) is 0 Å². The highest BCUT2D eigenvalue weighted by atomic mass is 31.1. The molecule has 88 valence electrons. The molecule has 0 aromatic rings. The maximum atomic E-state index is 11.2. The molecule has 15 heavy (non-hydrogen) atoms. The summed E-state index contributed by atoms with van der Waals surface area (Å²) < 4.78 is 31.9. The Bertz CT molecular complexity index is 229. The van der Waals surface area contributed by atoms with Crippen molar-refractivity contribution in [2.24, 2.45) is 0 Å². The molecule has 0 aromatic carbocycles. The minimum atomic E-state index is -2.05. The normalized spacial score (nSPS) is 25.9. The smallest absolute Gasteiger partial charge is 0.348 e. The van der Waals surface area contributed by atoms with Gasteiger partial charge in [0.25, 0.3) is 0 Å². The molecule has 1 aliphatic heterocycles. The van der Waals surface area contributed by atoms with Crippen LogP contribution in [0.15, 0.2) is 0 Å². The van der Waals surface area contributed by atoms with Crippen LogP contribution >= 0.6 is 8.25 Å². The Kier molecular flexibility index (Phi) is 4.62. The lowest BCUT2D eigenvalue weighted by molar-refractivity contribution is -0.141. The molecule has 1 saturated heterocycles. The van der Waals surface area contributed by atoms with Crippen LogP contribution in [-0.2, 0) is 23.1 Å². The molecule has 0 amide bonds. The predicted molar refractivity (Wildman–Crippen MR) is 54.7 cm³/mol. The molecule has 0 radical (unpaired) electrons. The summed E-state index contributed by atoms with van der Waals surface area (Å²) >= 11 is 0. The Hall–Kier alpha value is -0.0600. The first kappa shape index (κ1) is 13.0. The van der Waals surface area contributed by atoms with Gasteiger partial charge < -0.3 is 9.47 Å². The van der Waals surface area contributed by atoms with E-state index in [4.69, 9.17) is 18.5 Å². The molecule has 0 bridgehead atoms. The molecule has 5 nitrogen and oxygen atoms in total. The van der Waals surface area contributed by atoms with Crippen molar-refractivity contribution in [3.05, 3.63) is 0 Å². The second kappa shape index (κ2) is 5.32. The number of hydrogen-bond acceptors (Lipinski definition) is 5. The third-order valence-corrected chi connectivity index (χ3v) is 2.68. The number of hydrogen-bond donors (Lipinski definition) is 0. The summed E-state index contributed by atoms with van der Waals surface area (Å²) in [5.41, 5.74) is 0.